The van der Waals surface area contributed by atoms with Crippen molar-refractivity contribution in [3.8, 4) is 0 Å². The van der Waals surface area contributed by atoms with E-state index in [2.05, 4.69) is 4.98 Å². The van der Waals surface area contributed by atoms with E-state index < -0.39 is 10.0 Å². The summed E-state index contributed by atoms with van der Waals surface area (Å²) in [7, 11) is -2.02. The smallest absolute Gasteiger partial charge is 0.265 e. The van der Waals surface area contributed by atoms with Crippen molar-refractivity contribution in [2.75, 3.05) is 11.4 Å². The number of halogens is 1. The number of alkyl halides is 1. The summed E-state index contributed by atoms with van der Waals surface area (Å²) in [4.78, 5) is 3.07. The van der Waals surface area contributed by atoms with E-state index in [1.807, 2.05) is 32.0 Å². The quantitative estimate of drug-likeness (QED) is 0.881. The zero-order valence-electron chi connectivity index (χ0n) is 11.6. The first kappa shape index (κ1) is 14.9. The summed E-state index contributed by atoms with van der Waals surface area (Å²) in [5.41, 5.74) is 3.38. The highest BCUT2D eigenvalue weighted by Crippen LogP contribution is 2.24. The topological polar surface area (TPSA) is 53.2 Å². The van der Waals surface area contributed by atoms with E-state index in [4.69, 9.17) is 11.6 Å². The predicted octanol–water partition coefficient (Wildman–Crippen LogP) is 3.20. The Labute approximate surface area is 124 Å². The number of H-pyrrole nitrogens is 1. The van der Waals surface area contributed by atoms with Crippen LogP contribution in [0.25, 0.3) is 0 Å². The molecule has 0 saturated carbocycles. The van der Waals surface area contributed by atoms with Gasteiger partial charge in [-0.2, -0.15) is 0 Å². The van der Waals surface area contributed by atoms with Gasteiger partial charge in [-0.05, 0) is 43.2 Å². The fraction of sp³-hybridized carbons (Fsp3) is 0.286. The first-order valence-corrected chi connectivity index (χ1v) is 8.12. The highest BCUT2D eigenvalue weighted by molar-refractivity contribution is 7.92. The predicted molar refractivity (Wildman–Crippen MR) is 81.9 cm³/mol. The molecule has 0 unspecified atom stereocenters. The number of anilines is 1. The van der Waals surface area contributed by atoms with Crippen LogP contribution in [0.15, 0.2) is 35.4 Å². The fourth-order valence-corrected chi connectivity index (χ4v) is 3.43. The van der Waals surface area contributed by atoms with Crippen molar-refractivity contribution in [2.24, 2.45) is 0 Å². The van der Waals surface area contributed by atoms with Crippen LogP contribution < -0.4 is 4.31 Å². The van der Waals surface area contributed by atoms with E-state index in [-0.39, 0.29) is 10.8 Å². The molecule has 0 saturated heterocycles. The Balaban J connectivity index is 2.42. The monoisotopic (exact) mass is 312 g/mol. The van der Waals surface area contributed by atoms with Crippen LogP contribution in [0.1, 0.15) is 16.8 Å². The summed E-state index contributed by atoms with van der Waals surface area (Å²) in [6.45, 7) is 3.89. The third kappa shape index (κ3) is 2.83. The highest BCUT2D eigenvalue weighted by Gasteiger charge is 2.22. The van der Waals surface area contributed by atoms with Crippen LogP contribution in [-0.4, -0.2) is 20.4 Å². The van der Waals surface area contributed by atoms with Crippen molar-refractivity contribution >= 4 is 27.3 Å². The maximum absolute atomic E-state index is 12.5. The molecule has 0 aliphatic rings. The number of rotatable bonds is 4. The average Bonchev–Trinajstić information content (AvgIpc) is 2.86. The molecule has 0 aliphatic heterocycles. The minimum absolute atomic E-state index is 0.217. The Morgan fingerprint density at radius 2 is 1.75 bits per heavy atom. The number of nitrogens with one attached hydrogen (secondary N) is 1. The van der Waals surface area contributed by atoms with Gasteiger partial charge in [-0.3, -0.25) is 4.31 Å². The Morgan fingerprint density at radius 3 is 2.25 bits per heavy atom. The number of benzene rings is 1. The number of aromatic nitrogens is 1. The molecule has 2 rings (SSSR count). The minimum Gasteiger partial charge on any atom is -0.363 e. The van der Waals surface area contributed by atoms with Crippen LogP contribution in [-0.2, 0) is 15.9 Å². The fourth-order valence-electron chi connectivity index (χ4n) is 2.07. The van der Waals surface area contributed by atoms with E-state index in [1.165, 1.54) is 10.5 Å². The van der Waals surface area contributed by atoms with Gasteiger partial charge in [-0.15, -0.1) is 11.6 Å². The molecule has 1 N–H and O–H groups in total. The zero-order chi connectivity index (χ0) is 14.9. The Morgan fingerprint density at radius 1 is 1.15 bits per heavy atom. The van der Waals surface area contributed by atoms with Gasteiger partial charge in [-0.1, -0.05) is 6.07 Å². The molecule has 2 aromatic rings. The molecule has 20 heavy (non-hydrogen) atoms. The van der Waals surface area contributed by atoms with Crippen LogP contribution >= 0.6 is 11.6 Å². The van der Waals surface area contributed by atoms with E-state index in [9.17, 15) is 8.42 Å². The molecule has 0 spiro atoms. The van der Waals surface area contributed by atoms with Crippen LogP contribution in [0.3, 0.4) is 0 Å². The lowest BCUT2D eigenvalue weighted by Gasteiger charge is -2.19. The zero-order valence-corrected chi connectivity index (χ0v) is 13.2. The number of hydrogen-bond acceptors (Lipinski definition) is 2. The van der Waals surface area contributed by atoms with Crippen LogP contribution in [0.5, 0.6) is 0 Å². The SMILES string of the molecule is Cc1cc(C)cc(N(C)S(=O)(=O)c2c[nH]c(CCl)c2)c1. The van der Waals surface area contributed by atoms with Gasteiger partial charge in [0.05, 0.1) is 11.6 Å². The molecule has 0 atom stereocenters. The van der Waals surface area contributed by atoms with Crippen molar-refractivity contribution in [1.29, 1.82) is 0 Å². The number of aryl methyl sites for hydroxylation is 2. The second-order valence-corrected chi connectivity index (χ2v) is 7.05. The van der Waals surface area contributed by atoms with E-state index >= 15 is 0 Å². The average molecular weight is 313 g/mol. The number of sulfonamides is 1. The summed E-state index contributed by atoms with van der Waals surface area (Å²) < 4.78 is 26.4. The molecule has 108 valence electrons. The van der Waals surface area contributed by atoms with E-state index in [1.54, 1.807) is 13.1 Å². The summed E-state index contributed by atoms with van der Waals surface area (Å²) in [6.07, 6.45) is 1.46. The molecule has 0 bridgehead atoms. The molecular formula is C14H17ClN2O2S. The summed E-state index contributed by atoms with van der Waals surface area (Å²) in [5.74, 6) is 0.253. The van der Waals surface area contributed by atoms with Crippen LogP contribution in [0.4, 0.5) is 5.69 Å². The third-order valence-corrected chi connectivity index (χ3v) is 5.14. The molecule has 0 aliphatic carbocycles. The summed E-state index contributed by atoms with van der Waals surface area (Å²) in [6, 6.07) is 7.26. The standard InChI is InChI=1S/C14H17ClN2O2S/c1-10-4-11(2)6-13(5-10)17(3)20(18,19)14-7-12(8-15)16-9-14/h4-7,9,16H,8H2,1-3H3. The maximum Gasteiger partial charge on any atom is 0.265 e. The van der Waals surface area contributed by atoms with Gasteiger partial charge >= 0.3 is 0 Å². The Hall–Kier alpha value is -1.46. The van der Waals surface area contributed by atoms with Gasteiger partial charge in [0.15, 0.2) is 0 Å². The first-order chi connectivity index (χ1) is 9.34. The second kappa shape index (κ2) is 5.50. The molecule has 6 heteroatoms. The van der Waals surface area contributed by atoms with Gasteiger partial charge in [0.1, 0.15) is 4.90 Å². The highest BCUT2D eigenvalue weighted by atomic mass is 35.5. The number of aromatic amines is 1. The van der Waals surface area contributed by atoms with Crippen molar-refractivity contribution in [3.05, 3.63) is 47.3 Å². The maximum atomic E-state index is 12.5. The van der Waals surface area contributed by atoms with E-state index in [0.717, 1.165) is 11.1 Å². The number of nitrogens with zero attached hydrogens (tertiary/aromatic N) is 1. The first-order valence-electron chi connectivity index (χ1n) is 6.15. The van der Waals surface area contributed by atoms with Gasteiger partial charge in [0.2, 0.25) is 0 Å². The molecule has 0 fully saturated rings. The molecule has 1 heterocycles. The lowest BCUT2D eigenvalue weighted by Crippen LogP contribution is -2.26. The Bertz CT molecular complexity index is 702. The summed E-state index contributed by atoms with van der Waals surface area (Å²) >= 11 is 5.69. The normalized spacial score (nSPS) is 11.6. The molecule has 4 nitrogen and oxygen atoms in total. The lowest BCUT2D eigenvalue weighted by atomic mass is 10.1. The van der Waals surface area contributed by atoms with Gasteiger partial charge in [0.25, 0.3) is 10.0 Å². The number of hydrogen-bond donors (Lipinski definition) is 1. The van der Waals surface area contributed by atoms with Crippen LogP contribution in [0.2, 0.25) is 0 Å². The summed E-state index contributed by atoms with van der Waals surface area (Å²) in [5, 5.41) is 0. The van der Waals surface area contributed by atoms with Crippen molar-refractivity contribution < 1.29 is 8.42 Å². The molecular weight excluding hydrogens is 296 g/mol. The van der Waals surface area contributed by atoms with Crippen LogP contribution in [0, 0.1) is 13.8 Å². The molecule has 1 aromatic carbocycles. The van der Waals surface area contributed by atoms with Gasteiger partial charge in [0, 0.05) is 18.9 Å². The van der Waals surface area contributed by atoms with E-state index in [0.29, 0.717) is 11.4 Å². The molecule has 0 amide bonds. The van der Waals surface area contributed by atoms with Gasteiger partial charge < -0.3 is 4.98 Å². The van der Waals surface area contributed by atoms with Crippen molar-refractivity contribution in [2.45, 2.75) is 24.6 Å². The van der Waals surface area contributed by atoms with Gasteiger partial charge in [-0.25, -0.2) is 8.42 Å². The lowest BCUT2D eigenvalue weighted by molar-refractivity contribution is 0.594. The van der Waals surface area contributed by atoms with Crippen molar-refractivity contribution in [1.82, 2.24) is 4.98 Å². The van der Waals surface area contributed by atoms with Crippen molar-refractivity contribution in [3.63, 3.8) is 0 Å². The largest absolute Gasteiger partial charge is 0.363 e. The second-order valence-electron chi connectivity index (χ2n) is 4.81. The third-order valence-electron chi connectivity index (χ3n) is 3.09. The minimum atomic E-state index is -3.57. The molecule has 1 aromatic heterocycles. The Kier molecular flexibility index (Phi) is 4.11. The molecule has 0 radical (unpaired) electrons.